The Hall–Kier alpha value is 0.308. The Balaban J connectivity index is 2.07. The fourth-order valence-electron chi connectivity index (χ4n) is 9.10. The number of unbranched alkanes of at least 4 members (excludes halogenated alkanes) is 3. The lowest BCUT2D eigenvalue weighted by atomic mass is 9.96. The normalized spacial score (nSPS) is 21.3. The van der Waals surface area contributed by atoms with Crippen LogP contribution in [0.1, 0.15) is 140 Å². The topological polar surface area (TPSA) is 117 Å². The highest BCUT2D eigenvalue weighted by molar-refractivity contribution is 6.61. The Bertz CT molecular complexity index is 1050. The van der Waals surface area contributed by atoms with Gasteiger partial charge in [-0.25, -0.2) is 0 Å². The van der Waals surface area contributed by atoms with Crippen LogP contribution in [0.15, 0.2) is 0 Å². The zero-order chi connectivity index (χ0) is 45.6. The summed E-state index contributed by atoms with van der Waals surface area (Å²) < 4.78 is 76.6. The highest BCUT2D eigenvalue weighted by atomic mass is 28.4. The van der Waals surface area contributed by atoms with E-state index in [0.717, 1.165) is 121 Å². The van der Waals surface area contributed by atoms with E-state index in [1.807, 2.05) is 41.5 Å². The van der Waals surface area contributed by atoms with Gasteiger partial charge in [-0.3, -0.25) is 0 Å². The molecule has 3 atom stereocenters. The minimum absolute atomic E-state index is 0.0423. The van der Waals surface area contributed by atoms with Crippen molar-refractivity contribution in [1.29, 1.82) is 0 Å². The molecule has 0 bridgehead atoms. The summed E-state index contributed by atoms with van der Waals surface area (Å²) in [5, 5.41) is 0. The number of nitrogens with zero attached hydrogens (tertiary/aromatic N) is 2. The molecule has 0 N–H and O–H groups in total. The van der Waals surface area contributed by atoms with Crippen LogP contribution in [0, 0.1) is 5.92 Å². The van der Waals surface area contributed by atoms with Crippen molar-refractivity contribution in [3.8, 4) is 0 Å². The summed E-state index contributed by atoms with van der Waals surface area (Å²) in [5.41, 5.74) is 0. The summed E-state index contributed by atoms with van der Waals surface area (Å²) in [6.07, 6.45) is 10.7. The molecule has 0 saturated carbocycles. The van der Waals surface area contributed by atoms with Gasteiger partial charge in [-0.05, 0) is 140 Å². The Labute approximate surface area is 384 Å². The van der Waals surface area contributed by atoms with Crippen LogP contribution in [0.3, 0.4) is 0 Å². The van der Waals surface area contributed by atoms with Gasteiger partial charge < -0.3 is 62.9 Å². The van der Waals surface area contributed by atoms with E-state index >= 15 is 0 Å². The average Bonchev–Trinajstić information content (AvgIpc) is 3.21. The minimum Gasteiger partial charge on any atom is -0.374 e. The van der Waals surface area contributed by atoms with Crippen molar-refractivity contribution in [2.45, 2.75) is 177 Å². The molecule has 2 aliphatic heterocycles. The first kappa shape index (κ1) is 58.4. The van der Waals surface area contributed by atoms with Gasteiger partial charge in [0.1, 0.15) is 0 Å². The quantitative estimate of drug-likeness (QED) is 0.0439. The Kier molecular flexibility index (Phi) is 31.8. The summed E-state index contributed by atoms with van der Waals surface area (Å²) >= 11 is 0. The molecule has 0 spiro atoms. The van der Waals surface area contributed by atoms with Gasteiger partial charge in [-0.1, -0.05) is 32.6 Å². The second-order valence-electron chi connectivity index (χ2n) is 16.4. The zero-order valence-electron chi connectivity index (χ0n) is 41.7. The lowest BCUT2D eigenvalue weighted by Gasteiger charge is -2.40. The molecule has 0 aromatic carbocycles. The first-order chi connectivity index (χ1) is 30.0. The maximum absolute atomic E-state index is 7.07. The van der Waals surface area contributed by atoms with E-state index < -0.39 is 35.2 Å². The molecule has 0 amide bonds. The second kappa shape index (κ2) is 33.7. The zero-order valence-corrected chi connectivity index (χ0v) is 45.7. The molecule has 0 radical (unpaired) electrons. The van der Waals surface area contributed by atoms with E-state index in [-0.39, 0.29) is 12.2 Å². The minimum atomic E-state index is -2.79. The lowest BCUT2D eigenvalue weighted by molar-refractivity contribution is -0.0136. The van der Waals surface area contributed by atoms with Gasteiger partial charge in [0, 0.05) is 103 Å². The molecule has 0 aliphatic carbocycles. The molecule has 2 saturated heterocycles. The van der Waals surface area contributed by atoms with Crippen LogP contribution in [0.4, 0.5) is 0 Å². The summed E-state index contributed by atoms with van der Waals surface area (Å²) in [6, 6.07) is 3.34. The Morgan fingerprint density at radius 2 is 0.903 bits per heavy atom. The third-order valence-electron chi connectivity index (χ3n) is 11.6. The van der Waals surface area contributed by atoms with Crippen molar-refractivity contribution in [2.75, 3.05) is 105 Å². The van der Waals surface area contributed by atoms with Crippen LogP contribution in [-0.2, 0) is 53.1 Å². The van der Waals surface area contributed by atoms with Gasteiger partial charge in [0.05, 0.1) is 12.2 Å². The average molecular weight is 958 g/mol. The van der Waals surface area contributed by atoms with Gasteiger partial charge in [0.25, 0.3) is 0 Å². The van der Waals surface area contributed by atoms with E-state index in [0.29, 0.717) is 72.0 Å². The van der Waals surface area contributed by atoms with Gasteiger partial charge in [-0.15, -0.1) is 0 Å². The van der Waals surface area contributed by atoms with Crippen molar-refractivity contribution >= 4 is 35.2 Å². The van der Waals surface area contributed by atoms with Crippen molar-refractivity contribution in [3.05, 3.63) is 0 Å². The van der Waals surface area contributed by atoms with Gasteiger partial charge in [-0.2, -0.15) is 0 Å². The van der Waals surface area contributed by atoms with Crippen LogP contribution >= 0.6 is 0 Å². The van der Waals surface area contributed by atoms with E-state index in [4.69, 9.17) is 53.1 Å². The van der Waals surface area contributed by atoms with E-state index in [1.165, 1.54) is 6.42 Å². The molecule has 2 heterocycles. The number of hydrogen-bond acceptors (Lipinski definition) is 14. The molecule has 2 fully saturated rings. The van der Waals surface area contributed by atoms with Crippen LogP contribution in [0.5, 0.6) is 0 Å². The van der Waals surface area contributed by atoms with Crippen molar-refractivity contribution in [2.24, 2.45) is 5.92 Å². The van der Waals surface area contributed by atoms with Crippen LogP contribution in [0.2, 0.25) is 24.2 Å². The predicted octanol–water partition coefficient (Wildman–Crippen LogP) is 9.05. The molecule has 370 valence electrons. The molecule has 0 aromatic rings. The van der Waals surface area contributed by atoms with E-state index in [9.17, 15) is 0 Å². The first-order valence-corrected chi connectivity index (χ1v) is 33.0. The molecular formula is C44H96N2O12Si4. The largest absolute Gasteiger partial charge is 0.501 e. The highest BCUT2D eigenvalue weighted by Gasteiger charge is 2.47. The number of hydrogen-bond donors (Lipinski definition) is 0. The molecule has 3 unspecified atom stereocenters. The molecule has 62 heavy (non-hydrogen) atoms. The van der Waals surface area contributed by atoms with Crippen molar-refractivity contribution < 1.29 is 53.1 Å². The van der Waals surface area contributed by atoms with Gasteiger partial charge >= 0.3 is 35.2 Å². The summed E-state index contributed by atoms with van der Waals surface area (Å²) in [5.74, 6) is 0.369. The van der Waals surface area contributed by atoms with Crippen LogP contribution < -0.4 is 0 Å². The summed E-state index contributed by atoms with van der Waals surface area (Å²) in [6.45, 7) is 34.5. The number of rotatable bonds is 36. The van der Waals surface area contributed by atoms with Gasteiger partial charge in [0.2, 0.25) is 0 Å². The maximum atomic E-state index is 7.07. The van der Waals surface area contributed by atoms with Crippen molar-refractivity contribution in [3.63, 3.8) is 0 Å². The third kappa shape index (κ3) is 21.5. The third-order valence-corrected chi connectivity index (χ3v) is 24.1. The highest BCUT2D eigenvalue weighted by Crippen LogP contribution is 2.30. The van der Waals surface area contributed by atoms with Crippen LogP contribution in [-0.4, -0.2) is 163 Å². The monoisotopic (exact) mass is 957 g/mol. The van der Waals surface area contributed by atoms with E-state index in [1.54, 1.807) is 0 Å². The molecule has 2 rings (SSSR count). The Morgan fingerprint density at radius 3 is 1.32 bits per heavy atom. The Morgan fingerprint density at radius 1 is 0.500 bits per heavy atom. The fourth-order valence-corrected chi connectivity index (χ4v) is 19.9. The standard InChI is InChI=1S/C44H96N2O12Si4/c1-12-47-59(48-13-2,49-14-3)36-26-32-45-33-28-38-61(53-18-7,54-19-8)57-43(40-45)31-25-23-22-24-30-42(11)44-41-46(35-29-39-62(58-44,55-20-9)56-21-10)34-27-37-60(50-15-4,51-16-5)52-17-6/h42-44H,12-41H2,1-11H3. The second-order valence-corrected chi connectivity index (χ2v) is 27.3. The molecular weight excluding hydrogens is 861 g/mol. The van der Waals surface area contributed by atoms with Crippen LogP contribution in [0.25, 0.3) is 0 Å². The first-order valence-electron chi connectivity index (χ1n) is 25.2. The molecule has 0 aromatic heterocycles. The maximum Gasteiger partial charge on any atom is 0.501 e. The van der Waals surface area contributed by atoms with E-state index in [2.05, 4.69) is 44.4 Å². The molecule has 2 aliphatic rings. The van der Waals surface area contributed by atoms with Gasteiger partial charge in [0.15, 0.2) is 0 Å². The summed E-state index contributed by atoms with van der Waals surface area (Å²) in [7, 11) is -10.9. The fraction of sp³-hybridized carbons (Fsp3) is 1.00. The smallest absolute Gasteiger partial charge is 0.374 e. The molecule has 14 nitrogen and oxygen atoms in total. The summed E-state index contributed by atoms with van der Waals surface area (Å²) in [4.78, 5) is 5.16. The lowest BCUT2D eigenvalue weighted by Crippen LogP contribution is -2.54. The molecule has 18 heteroatoms. The predicted molar refractivity (Wildman–Crippen MR) is 256 cm³/mol. The van der Waals surface area contributed by atoms with Crippen molar-refractivity contribution in [1.82, 2.24) is 9.80 Å². The SMILES string of the molecule is CCO[Si](CCCN1CCC[Si](OCC)(OCC)OC(CCCCCCC(C)C2CN(CCC[Si](OCC)(OCC)OCC)CCC[Si](OCC)(OCC)O2)C1)(OCC)OCC.